The van der Waals surface area contributed by atoms with Crippen LogP contribution in [0.4, 0.5) is 5.82 Å². The Morgan fingerprint density at radius 2 is 1.75 bits per heavy atom. The Balaban J connectivity index is 1.58. The zero-order valence-corrected chi connectivity index (χ0v) is 20.6. The van der Waals surface area contributed by atoms with Crippen molar-refractivity contribution in [2.24, 2.45) is 0 Å². The Morgan fingerprint density at radius 1 is 0.972 bits per heavy atom. The molecule has 0 N–H and O–H groups in total. The van der Waals surface area contributed by atoms with Gasteiger partial charge in [-0.05, 0) is 42.0 Å². The van der Waals surface area contributed by atoms with E-state index >= 15 is 0 Å². The maximum Gasteiger partial charge on any atom is 0.257 e. The lowest BCUT2D eigenvalue weighted by molar-refractivity contribution is 0.0729. The van der Waals surface area contributed by atoms with E-state index in [1.165, 1.54) is 12.5 Å². The van der Waals surface area contributed by atoms with E-state index in [4.69, 9.17) is 28.3 Å². The van der Waals surface area contributed by atoms with Crippen LogP contribution in [0.2, 0.25) is 0 Å². The summed E-state index contributed by atoms with van der Waals surface area (Å²) in [6.07, 6.45) is 2.94. The first kappa shape index (κ1) is 23.3. The molecule has 5 rings (SSSR count). The van der Waals surface area contributed by atoms with E-state index in [1.807, 2.05) is 55.4 Å². The standard InChI is InChI=1S/C27H27N3O6/c1-29(2)26-19(12-20-21(32-3)7-8-23(33-4)25(20)28-26)14-30(27(31)18-9-10-34-15-18)13-17-5-6-22-24(11-17)36-16-35-22/h5-12,15H,13-14,16H2,1-4H3. The number of benzene rings is 2. The highest BCUT2D eigenvalue weighted by atomic mass is 16.7. The Kier molecular flexibility index (Phi) is 6.28. The Hall–Kier alpha value is -4.40. The van der Waals surface area contributed by atoms with Gasteiger partial charge in [0.05, 0.1) is 26.0 Å². The largest absolute Gasteiger partial charge is 0.496 e. The van der Waals surface area contributed by atoms with Gasteiger partial charge in [-0.1, -0.05) is 6.07 Å². The summed E-state index contributed by atoms with van der Waals surface area (Å²) in [5, 5.41) is 0.802. The minimum atomic E-state index is -0.163. The topological polar surface area (TPSA) is 86.5 Å². The lowest BCUT2D eigenvalue weighted by Crippen LogP contribution is -2.30. The molecule has 0 fully saturated rings. The molecule has 0 saturated carbocycles. The fourth-order valence-electron chi connectivity index (χ4n) is 4.32. The molecule has 9 heteroatoms. The quantitative estimate of drug-likeness (QED) is 0.358. The number of hydrogen-bond acceptors (Lipinski definition) is 8. The second-order valence-electron chi connectivity index (χ2n) is 8.59. The maximum absolute atomic E-state index is 13.5. The molecule has 0 radical (unpaired) electrons. The van der Waals surface area contributed by atoms with E-state index in [0.29, 0.717) is 47.2 Å². The van der Waals surface area contributed by atoms with Crippen LogP contribution in [0.3, 0.4) is 0 Å². The number of aromatic nitrogens is 1. The predicted octanol–water partition coefficient (Wildman–Crippen LogP) is 4.48. The summed E-state index contributed by atoms with van der Waals surface area (Å²) in [7, 11) is 7.08. The first-order chi connectivity index (χ1) is 17.5. The van der Waals surface area contributed by atoms with Crippen molar-refractivity contribution in [3.63, 3.8) is 0 Å². The molecule has 0 atom stereocenters. The maximum atomic E-state index is 13.5. The van der Waals surface area contributed by atoms with Crippen molar-refractivity contribution in [3.8, 4) is 23.0 Å². The third kappa shape index (κ3) is 4.35. The molecule has 0 aliphatic carbocycles. The number of hydrogen-bond donors (Lipinski definition) is 0. The van der Waals surface area contributed by atoms with Crippen LogP contribution >= 0.6 is 0 Å². The number of ether oxygens (including phenoxy) is 4. The normalized spacial score (nSPS) is 12.0. The van der Waals surface area contributed by atoms with Crippen LogP contribution in [0.1, 0.15) is 21.5 Å². The van der Waals surface area contributed by atoms with Gasteiger partial charge >= 0.3 is 0 Å². The van der Waals surface area contributed by atoms with Crippen molar-refractivity contribution in [1.29, 1.82) is 0 Å². The highest BCUT2D eigenvalue weighted by Gasteiger charge is 2.23. The Labute approximate surface area is 208 Å². The van der Waals surface area contributed by atoms with Crippen molar-refractivity contribution >= 4 is 22.6 Å². The third-order valence-corrected chi connectivity index (χ3v) is 6.05. The van der Waals surface area contributed by atoms with Gasteiger partial charge in [0.2, 0.25) is 6.79 Å². The molecule has 1 amide bonds. The monoisotopic (exact) mass is 489 g/mol. The lowest BCUT2D eigenvalue weighted by atomic mass is 10.1. The molecule has 1 aliphatic heterocycles. The molecular weight excluding hydrogens is 462 g/mol. The van der Waals surface area contributed by atoms with Crippen molar-refractivity contribution in [2.75, 3.05) is 40.0 Å². The second-order valence-corrected chi connectivity index (χ2v) is 8.59. The number of anilines is 1. The Bertz CT molecular complexity index is 1400. The van der Waals surface area contributed by atoms with E-state index in [1.54, 1.807) is 25.2 Å². The van der Waals surface area contributed by atoms with Gasteiger partial charge in [0, 0.05) is 38.1 Å². The van der Waals surface area contributed by atoms with Gasteiger partial charge in [0.25, 0.3) is 5.91 Å². The average Bonchev–Trinajstić information content (AvgIpc) is 3.59. The summed E-state index contributed by atoms with van der Waals surface area (Å²) < 4.78 is 27.3. The molecule has 4 aromatic rings. The summed E-state index contributed by atoms with van der Waals surface area (Å²) >= 11 is 0. The van der Waals surface area contributed by atoms with Crippen LogP contribution in [0, 0.1) is 0 Å². The van der Waals surface area contributed by atoms with Crippen molar-refractivity contribution in [3.05, 3.63) is 71.7 Å². The van der Waals surface area contributed by atoms with Crippen LogP contribution in [0.5, 0.6) is 23.0 Å². The number of pyridine rings is 1. The van der Waals surface area contributed by atoms with Gasteiger partial charge in [0.1, 0.15) is 29.1 Å². The number of amides is 1. The molecule has 0 saturated heterocycles. The van der Waals surface area contributed by atoms with Gasteiger partial charge in [-0.3, -0.25) is 4.79 Å². The predicted molar refractivity (Wildman–Crippen MR) is 134 cm³/mol. The minimum Gasteiger partial charge on any atom is -0.496 e. The summed E-state index contributed by atoms with van der Waals surface area (Å²) in [6.45, 7) is 0.840. The molecule has 0 spiro atoms. The Morgan fingerprint density at radius 3 is 2.47 bits per heavy atom. The second kappa shape index (κ2) is 9.69. The summed E-state index contributed by atoms with van der Waals surface area (Å²) in [6, 6.07) is 13.0. The number of carbonyl (C=O) groups excluding carboxylic acids is 1. The summed E-state index contributed by atoms with van der Waals surface area (Å²) in [5.41, 5.74) is 2.93. The number of nitrogens with zero attached hydrogens (tertiary/aromatic N) is 3. The number of furan rings is 1. The zero-order chi connectivity index (χ0) is 25.2. The van der Waals surface area contributed by atoms with E-state index in [0.717, 1.165) is 22.3 Å². The zero-order valence-electron chi connectivity index (χ0n) is 20.6. The molecule has 2 aromatic carbocycles. The van der Waals surface area contributed by atoms with Gasteiger partial charge < -0.3 is 33.2 Å². The molecule has 1 aliphatic rings. The molecule has 0 bridgehead atoms. The molecule has 9 nitrogen and oxygen atoms in total. The highest BCUT2D eigenvalue weighted by Crippen LogP contribution is 2.36. The van der Waals surface area contributed by atoms with E-state index < -0.39 is 0 Å². The van der Waals surface area contributed by atoms with Crippen molar-refractivity contribution < 1.29 is 28.2 Å². The first-order valence-corrected chi connectivity index (χ1v) is 11.4. The van der Waals surface area contributed by atoms with Gasteiger partial charge in [-0.25, -0.2) is 4.98 Å². The summed E-state index contributed by atoms with van der Waals surface area (Å²) in [4.78, 5) is 22.1. The highest BCUT2D eigenvalue weighted by molar-refractivity contribution is 5.95. The third-order valence-electron chi connectivity index (χ3n) is 6.05. The van der Waals surface area contributed by atoms with Crippen LogP contribution in [-0.2, 0) is 13.1 Å². The SMILES string of the molecule is COc1ccc(OC)c2nc(N(C)C)c(CN(Cc3ccc4c(c3)OCO4)C(=O)c3ccoc3)cc12. The van der Waals surface area contributed by atoms with E-state index in [9.17, 15) is 4.79 Å². The average molecular weight is 490 g/mol. The molecule has 0 unspecified atom stereocenters. The fraction of sp³-hybridized carbons (Fsp3) is 0.259. The van der Waals surface area contributed by atoms with Crippen LogP contribution in [-0.4, -0.2) is 50.9 Å². The molecule has 36 heavy (non-hydrogen) atoms. The summed E-state index contributed by atoms with van der Waals surface area (Å²) in [5.74, 6) is 3.25. The van der Waals surface area contributed by atoms with Gasteiger partial charge in [-0.2, -0.15) is 0 Å². The van der Waals surface area contributed by atoms with Crippen molar-refractivity contribution in [1.82, 2.24) is 9.88 Å². The van der Waals surface area contributed by atoms with Crippen LogP contribution < -0.4 is 23.8 Å². The molecule has 2 aromatic heterocycles. The number of fused-ring (bicyclic) bond motifs is 2. The van der Waals surface area contributed by atoms with E-state index in [2.05, 4.69) is 0 Å². The minimum absolute atomic E-state index is 0.163. The first-order valence-electron chi connectivity index (χ1n) is 11.4. The van der Waals surface area contributed by atoms with Crippen LogP contribution in [0.15, 0.2) is 59.4 Å². The lowest BCUT2D eigenvalue weighted by Gasteiger charge is -2.26. The van der Waals surface area contributed by atoms with Gasteiger partial charge in [0.15, 0.2) is 11.5 Å². The molecule has 186 valence electrons. The van der Waals surface area contributed by atoms with E-state index in [-0.39, 0.29) is 12.7 Å². The molecular formula is C27H27N3O6. The number of carbonyl (C=O) groups is 1. The fourth-order valence-corrected chi connectivity index (χ4v) is 4.32. The number of rotatable bonds is 8. The number of methoxy groups -OCH3 is 2. The smallest absolute Gasteiger partial charge is 0.257 e. The van der Waals surface area contributed by atoms with Crippen molar-refractivity contribution in [2.45, 2.75) is 13.1 Å². The van der Waals surface area contributed by atoms with Gasteiger partial charge in [-0.15, -0.1) is 0 Å². The molecule has 3 heterocycles. The van der Waals surface area contributed by atoms with Crippen LogP contribution in [0.25, 0.3) is 10.9 Å².